The van der Waals surface area contributed by atoms with E-state index in [0.717, 1.165) is 34.6 Å². The number of benzene rings is 3. The van der Waals surface area contributed by atoms with E-state index in [1.54, 1.807) is 4.90 Å². The number of hydrogen-bond donors (Lipinski definition) is 1. The zero-order chi connectivity index (χ0) is 27.0. The Hall–Kier alpha value is -2.86. The molecule has 1 heterocycles. The lowest BCUT2D eigenvalue weighted by Gasteiger charge is -2.35. The number of sulfonamides is 1. The normalized spacial score (nSPS) is 15.0. The van der Waals surface area contributed by atoms with Crippen LogP contribution in [-0.2, 0) is 16.2 Å². The van der Waals surface area contributed by atoms with E-state index in [2.05, 4.69) is 5.32 Å². The van der Waals surface area contributed by atoms with Crippen LogP contribution in [0.4, 0.5) is 28.9 Å². The molecule has 0 unspecified atom stereocenters. The van der Waals surface area contributed by atoms with Crippen LogP contribution in [0.5, 0.6) is 0 Å². The van der Waals surface area contributed by atoms with Crippen molar-refractivity contribution in [2.75, 3.05) is 36.4 Å². The molecule has 1 amide bonds. The highest BCUT2D eigenvalue weighted by Crippen LogP contribution is 2.32. The van der Waals surface area contributed by atoms with E-state index in [9.17, 15) is 30.8 Å². The number of nitrogens with one attached hydrogen (secondary N) is 1. The molecule has 0 radical (unpaired) electrons. The molecule has 1 aliphatic rings. The molecule has 1 saturated heterocycles. The van der Waals surface area contributed by atoms with Gasteiger partial charge in [-0.2, -0.15) is 17.5 Å². The third-order valence-electron chi connectivity index (χ3n) is 5.78. The minimum atomic E-state index is -4.49. The van der Waals surface area contributed by atoms with Gasteiger partial charge < -0.3 is 10.2 Å². The number of anilines is 2. The van der Waals surface area contributed by atoms with Gasteiger partial charge in [-0.05, 0) is 54.6 Å². The first-order valence-electron chi connectivity index (χ1n) is 10.8. The van der Waals surface area contributed by atoms with Gasteiger partial charge in [0, 0.05) is 36.9 Å². The Morgan fingerprint density at radius 1 is 0.919 bits per heavy atom. The van der Waals surface area contributed by atoms with Gasteiger partial charge in [0.15, 0.2) is 0 Å². The van der Waals surface area contributed by atoms with Crippen molar-refractivity contribution in [2.45, 2.75) is 11.1 Å². The van der Waals surface area contributed by atoms with Crippen molar-refractivity contribution in [2.24, 2.45) is 0 Å². The summed E-state index contributed by atoms with van der Waals surface area (Å²) in [5.74, 6) is -1.68. The molecule has 1 fully saturated rings. The molecule has 0 atom stereocenters. The van der Waals surface area contributed by atoms with E-state index in [1.807, 2.05) is 0 Å². The molecule has 6 nitrogen and oxygen atoms in total. The van der Waals surface area contributed by atoms with Crippen LogP contribution in [-0.4, -0.2) is 44.8 Å². The van der Waals surface area contributed by atoms with Crippen molar-refractivity contribution in [3.63, 3.8) is 0 Å². The van der Waals surface area contributed by atoms with Crippen molar-refractivity contribution in [1.82, 2.24) is 4.31 Å². The van der Waals surface area contributed by atoms with Gasteiger partial charge >= 0.3 is 6.18 Å². The topological polar surface area (TPSA) is 69.7 Å². The quantitative estimate of drug-likeness (QED) is 0.384. The lowest BCUT2D eigenvalue weighted by Crippen LogP contribution is -2.48. The molecule has 196 valence electrons. The first kappa shape index (κ1) is 27.2. The van der Waals surface area contributed by atoms with E-state index >= 15 is 0 Å². The maximum Gasteiger partial charge on any atom is 0.416 e. The number of alkyl halides is 3. The monoisotopic (exact) mass is 575 g/mol. The van der Waals surface area contributed by atoms with Crippen LogP contribution in [0.1, 0.15) is 15.9 Å². The molecule has 0 bridgehead atoms. The van der Waals surface area contributed by atoms with Gasteiger partial charge in [-0.3, -0.25) is 4.79 Å². The van der Waals surface area contributed by atoms with Crippen molar-refractivity contribution < 1.29 is 30.8 Å². The van der Waals surface area contributed by atoms with Crippen molar-refractivity contribution in [3.05, 3.63) is 87.7 Å². The van der Waals surface area contributed by atoms with Gasteiger partial charge in [-0.25, -0.2) is 12.8 Å². The lowest BCUT2D eigenvalue weighted by molar-refractivity contribution is -0.137. The van der Waals surface area contributed by atoms with Crippen LogP contribution >= 0.6 is 23.2 Å². The summed E-state index contributed by atoms with van der Waals surface area (Å²) < 4.78 is 81.1. The molecule has 37 heavy (non-hydrogen) atoms. The number of rotatable bonds is 5. The largest absolute Gasteiger partial charge is 0.416 e. The van der Waals surface area contributed by atoms with E-state index in [-0.39, 0.29) is 47.3 Å². The van der Waals surface area contributed by atoms with E-state index < -0.39 is 33.5 Å². The molecule has 3 aromatic carbocycles. The highest BCUT2D eigenvalue weighted by Gasteiger charge is 2.32. The van der Waals surface area contributed by atoms with Crippen molar-refractivity contribution in [3.8, 4) is 0 Å². The summed E-state index contributed by atoms with van der Waals surface area (Å²) in [6, 6.07) is 12.1. The maximum atomic E-state index is 14.8. The fourth-order valence-electron chi connectivity index (χ4n) is 3.84. The summed E-state index contributed by atoms with van der Waals surface area (Å²) in [5, 5.41) is 2.73. The molecule has 1 N–H and O–H groups in total. The van der Waals surface area contributed by atoms with Gasteiger partial charge in [0.1, 0.15) is 5.82 Å². The Labute approximate surface area is 220 Å². The minimum absolute atomic E-state index is 0.00620. The average molecular weight is 576 g/mol. The van der Waals surface area contributed by atoms with Crippen molar-refractivity contribution >= 4 is 50.5 Å². The Morgan fingerprint density at radius 3 is 2.24 bits per heavy atom. The summed E-state index contributed by atoms with van der Waals surface area (Å²) in [6.45, 7) is 0.291. The SMILES string of the molecule is O=C(Nc1ccc(S(=O)(=O)N2CCN(c3cccc(C(F)(F)F)c3)CC2)cc1F)c1ccc(Cl)cc1Cl. The first-order chi connectivity index (χ1) is 17.4. The van der Waals surface area contributed by atoms with Crippen LogP contribution in [0.3, 0.4) is 0 Å². The summed E-state index contributed by atoms with van der Waals surface area (Å²) in [4.78, 5) is 13.8. The maximum absolute atomic E-state index is 14.8. The van der Waals surface area contributed by atoms with Crippen LogP contribution in [0.25, 0.3) is 0 Å². The minimum Gasteiger partial charge on any atom is -0.369 e. The summed E-state index contributed by atoms with van der Waals surface area (Å²) >= 11 is 11.8. The fraction of sp³-hybridized carbons (Fsp3) is 0.208. The molecule has 0 aliphatic carbocycles. The number of piperazine rings is 1. The smallest absolute Gasteiger partial charge is 0.369 e. The van der Waals surface area contributed by atoms with Gasteiger partial charge in [0.25, 0.3) is 5.91 Å². The number of nitrogens with zero attached hydrogens (tertiary/aromatic N) is 2. The molecule has 0 spiro atoms. The molecular weight excluding hydrogens is 557 g/mol. The Kier molecular flexibility index (Phi) is 7.70. The highest BCUT2D eigenvalue weighted by molar-refractivity contribution is 7.89. The Balaban J connectivity index is 1.45. The zero-order valence-corrected chi connectivity index (χ0v) is 21.2. The molecule has 0 aromatic heterocycles. The fourth-order valence-corrected chi connectivity index (χ4v) is 5.76. The number of halogens is 6. The van der Waals surface area contributed by atoms with Crippen LogP contribution in [0.15, 0.2) is 65.6 Å². The summed E-state index contributed by atoms with van der Waals surface area (Å²) in [6.07, 6.45) is -4.49. The number of carbonyl (C=O) groups is 1. The average Bonchev–Trinajstić information content (AvgIpc) is 2.84. The predicted molar refractivity (Wildman–Crippen MR) is 133 cm³/mol. The molecule has 4 rings (SSSR count). The molecule has 3 aromatic rings. The van der Waals surface area contributed by atoms with Crippen molar-refractivity contribution in [1.29, 1.82) is 0 Å². The summed E-state index contributed by atoms with van der Waals surface area (Å²) in [5.41, 5.74) is -0.648. The van der Waals surface area contributed by atoms with E-state index in [1.165, 1.54) is 30.3 Å². The number of hydrogen-bond acceptors (Lipinski definition) is 4. The third-order valence-corrected chi connectivity index (χ3v) is 8.22. The summed E-state index contributed by atoms with van der Waals surface area (Å²) in [7, 11) is -4.09. The second kappa shape index (κ2) is 10.5. The molecule has 0 saturated carbocycles. The lowest BCUT2D eigenvalue weighted by atomic mass is 10.1. The number of amides is 1. The van der Waals surface area contributed by atoms with Crippen LogP contribution in [0.2, 0.25) is 10.0 Å². The zero-order valence-electron chi connectivity index (χ0n) is 18.9. The highest BCUT2D eigenvalue weighted by atomic mass is 35.5. The second-order valence-corrected chi connectivity index (χ2v) is 10.9. The standard InChI is InChI=1S/C24H19Cl2F4N3O3S/c25-16-4-6-19(20(26)13-16)23(34)31-22-7-5-18(14-21(22)27)37(35,36)33-10-8-32(9-11-33)17-3-1-2-15(12-17)24(28,29)30/h1-7,12-14H,8-11H2,(H,31,34). The van der Waals surface area contributed by atoms with E-state index in [0.29, 0.717) is 10.7 Å². The van der Waals surface area contributed by atoms with Gasteiger partial charge in [0.2, 0.25) is 10.0 Å². The molecule has 1 aliphatic heterocycles. The first-order valence-corrected chi connectivity index (χ1v) is 13.0. The molecule has 13 heteroatoms. The third kappa shape index (κ3) is 6.01. The Morgan fingerprint density at radius 2 is 1.62 bits per heavy atom. The second-order valence-electron chi connectivity index (χ2n) is 8.16. The van der Waals surface area contributed by atoms with Crippen LogP contribution < -0.4 is 10.2 Å². The van der Waals surface area contributed by atoms with Crippen LogP contribution in [0, 0.1) is 5.82 Å². The van der Waals surface area contributed by atoms with Gasteiger partial charge in [0.05, 0.1) is 26.7 Å². The van der Waals surface area contributed by atoms with E-state index in [4.69, 9.17) is 23.2 Å². The number of carbonyl (C=O) groups excluding carboxylic acids is 1. The van der Waals surface area contributed by atoms with Gasteiger partial charge in [-0.15, -0.1) is 0 Å². The van der Waals surface area contributed by atoms with Gasteiger partial charge in [-0.1, -0.05) is 29.3 Å². The predicted octanol–water partition coefficient (Wildman–Crippen LogP) is 5.91. The Bertz CT molecular complexity index is 1440. The molecular formula is C24H19Cl2F4N3O3S.